The third-order valence-electron chi connectivity index (χ3n) is 3.79. The number of amides is 2. The lowest BCUT2D eigenvalue weighted by Gasteiger charge is -2.30. The van der Waals surface area contributed by atoms with Gasteiger partial charge < -0.3 is 20.7 Å². The van der Waals surface area contributed by atoms with Crippen LogP contribution in [0.4, 0.5) is 0 Å². The number of carbonyl (C=O) groups is 2. The molecule has 1 fully saturated rings. The summed E-state index contributed by atoms with van der Waals surface area (Å²) in [5.41, 5.74) is 1.97. The fourth-order valence-electron chi connectivity index (χ4n) is 2.65. The van der Waals surface area contributed by atoms with Crippen LogP contribution in [-0.2, 0) is 16.0 Å². The van der Waals surface area contributed by atoms with Crippen molar-refractivity contribution in [2.24, 2.45) is 0 Å². The van der Waals surface area contributed by atoms with Crippen LogP contribution in [0.2, 0.25) is 0 Å². The molecular weight excluding hydrogens is 270 g/mol. The topological polar surface area (TPSA) is 94.2 Å². The predicted octanol–water partition coefficient (Wildman–Crippen LogP) is 0.0744. The summed E-state index contributed by atoms with van der Waals surface area (Å²) in [6, 6.07) is 6.31. The number of hydrogen-bond donors (Lipinski definition) is 4. The highest BCUT2D eigenvalue weighted by atomic mass is 16.3. The molecule has 2 aromatic rings. The second kappa shape index (κ2) is 5.21. The third kappa shape index (κ3) is 2.50. The highest BCUT2D eigenvalue weighted by Gasteiger charge is 2.36. The fraction of sp³-hybridized carbons (Fsp3) is 0.333. The van der Waals surface area contributed by atoms with Crippen molar-refractivity contribution in [3.05, 3.63) is 36.0 Å². The lowest BCUT2D eigenvalue weighted by Crippen LogP contribution is -2.65. The smallest absolute Gasteiger partial charge is 0.245 e. The first-order chi connectivity index (χ1) is 10.1. The van der Waals surface area contributed by atoms with Gasteiger partial charge in [0.05, 0.1) is 6.10 Å². The van der Waals surface area contributed by atoms with Gasteiger partial charge in [0.1, 0.15) is 12.1 Å². The first kappa shape index (κ1) is 13.6. The van der Waals surface area contributed by atoms with Gasteiger partial charge in [-0.05, 0) is 18.6 Å². The van der Waals surface area contributed by atoms with Crippen molar-refractivity contribution in [3.63, 3.8) is 0 Å². The van der Waals surface area contributed by atoms with Crippen LogP contribution in [0.3, 0.4) is 0 Å². The number of piperazine rings is 1. The molecule has 6 heteroatoms. The van der Waals surface area contributed by atoms with Crippen LogP contribution in [-0.4, -0.2) is 40.1 Å². The summed E-state index contributed by atoms with van der Waals surface area (Å²) in [6.45, 7) is 1.48. The second-order valence-corrected chi connectivity index (χ2v) is 5.35. The van der Waals surface area contributed by atoms with Crippen LogP contribution in [0, 0.1) is 0 Å². The number of para-hydroxylation sites is 1. The molecule has 0 unspecified atom stereocenters. The summed E-state index contributed by atoms with van der Waals surface area (Å²) in [5, 5.41) is 15.7. The minimum atomic E-state index is -0.914. The third-order valence-corrected chi connectivity index (χ3v) is 3.79. The van der Waals surface area contributed by atoms with E-state index < -0.39 is 18.2 Å². The molecule has 1 aromatic carbocycles. The van der Waals surface area contributed by atoms with E-state index in [9.17, 15) is 14.7 Å². The number of aromatic nitrogens is 1. The Morgan fingerprint density at radius 2 is 1.95 bits per heavy atom. The van der Waals surface area contributed by atoms with Crippen LogP contribution in [0.15, 0.2) is 30.5 Å². The number of rotatable bonds is 3. The summed E-state index contributed by atoms with van der Waals surface area (Å²) in [5.74, 6) is -0.625. The number of aromatic amines is 1. The minimum absolute atomic E-state index is 0.272. The Hall–Kier alpha value is -2.34. The Labute approximate surface area is 121 Å². The molecule has 110 valence electrons. The van der Waals surface area contributed by atoms with E-state index in [1.54, 1.807) is 0 Å². The van der Waals surface area contributed by atoms with E-state index in [2.05, 4.69) is 15.6 Å². The number of benzene rings is 1. The number of aliphatic hydroxyl groups excluding tert-OH is 1. The van der Waals surface area contributed by atoms with Crippen molar-refractivity contribution in [2.75, 3.05) is 0 Å². The molecule has 0 radical (unpaired) electrons. The molecule has 6 nitrogen and oxygen atoms in total. The molecule has 1 aromatic heterocycles. The van der Waals surface area contributed by atoms with Gasteiger partial charge in [-0.1, -0.05) is 18.2 Å². The molecule has 4 N–H and O–H groups in total. The van der Waals surface area contributed by atoms with Crippen LogP contribution in [0.25, 0.3) is 10.9 Å². The van der Waals surface area contributed by atoms with E-state index in [4.69, 9.17) is 0 Å². The molecule has 2 heterocycles. The van der Waals surface area contributed by atoms with E-state index >= 15 is 0 Å². The Kier molecular flexibility index (Phi) is 3.39. The highest BCUT2D eigenvalue weighted by Crippen LogP contribution is 2.19. The van der Waals surface area contributed by atoms with Gasteiger partial charge in [-0.2, -0.15) is 0 Å². The largest absolute Gasteiger partial charge is 0.391 e. The van der Waals surface area contributed by atoms with Crippen molar-refractivity contribution in [1.82, 2.24) is 15.6 Å². The fourth-order valence-corrected chi connectivity index (χ4v) is 2.65. The molecule has 1 saturated heterocycles. The molecule has 1 aliphatic heterocycles. The van der Waals surface area contributed by atoms with E-state index in [1.807, 2.05) is 30.5 Å². The van der Waals surface area contributed by atoms with Crippen LogP contribution in [0.1, 0.15) is 12.5 Å². The van der Waals surface area contributed by atoms with Crippen molar-refractivity contribution in [3.8, 4) is 0 Å². The number of H-pyrrole nitrogens is 1. The van der Waals surface area contributed by atoms with Gasteiger partial charge >= 0.3 is 0 Å². The van der Waals surface area contributed by atoms with Crippen LogP contribution in [0.5, 0.6) is 0 Å². The van der Waals surface area contributed by atoms with Crippen LogP contribution < -0.4 is 10.6 Å². The molecule has 21 heavy (non-hydrogen) atoms. The number of carbonyl (C=O) groups excluding carboxylic acids is 2. The number of nitrogens with one attached hydrogen (secondary N) is 3. The Balaban J connectivity index is 1.79. The summed E-state index contributed by atoms with van der Waals surface area (Å²) < 4.78 is 0. The maximum atomic E-state index is 12.1. The average Bonchev–Trinajstić information content (AvgIpc) is 2.85. The van der Waals surface area contributed by atoms with Gasteiger partial charge in [0.2, 0.25) is 11.8 Å². The normalized spacial score (nSPS) is 23.7. The predicted molar refractivity (Wildman–Crippen MR) is 77.5 cm³/mol. The molecule has 1 aliphatic rings. The summed E-state index contributed by atoms with van der Waals surface area (Å²) >= 11 is 0. The van der Waals surface area contributed by atoms with E-state index in [1.165, 1.54) is 6.92 Å². The highest BCUT2D eigenvalue weighted by molar-refractivity contribution is 5.97. The standard InChI is InChI=1S/C15H17N3O3/c1-8(19)13-15(21)17-12(14(20)18-13)6-9-7-16-11-5-3-2-4-10(9)11/h2-5,7-8,12-13,16,19H,6H2,1H3,(H,17,21)(H,18,20)/t8-,12+,13+/m0/s1. The molecule has 2 amide bonds. The Bertz CT molecular complexity index is 692. The SMILES string of the molecule is C[C@H](O)[C@H]1NC(=O)[C@@H](Cc2c[nH]c3ccccc23)NC1=O. The Morgan fingerprint density at radius 3 is 2.71 bits per heavy atom. The number of fused-ring (bicyclic) bond motifs is 1. The molecule has 0 spiro atoms. The molecular formula is C15H17N3O3. The molecule has 0 saturated carbocycles. The second-order valence-electron chi connectivity index (χ2n) is 5.35. The first-order valence-corrected chi connectivity index (χ1v) is 6.90. The lowest BCUT2D eigenvalue weighted by atomic mass is 10.00. The van der Waals surface area contributed by atoms with Gasteiger partial charge in [0, 0.05) is 23.5 Å². The first-order valence-electron chi connectivity index (χ1n) is 6.90. The maximum absolute atomic E-state index is 12.1. The minimum Gasteiger partial charge on any atom is -0.391 e. The van der Waals surface area contributed by atoms with Gasteiger partial charge in [-0.15, -0.1) is 0 Å². The van der Waals surface area contributed by atoms with Crippen LogP contribution >= 0.6 is 0 Å². The number of aliphatic hydroxyl groups is 1. The summed E-state index contributed by atoms with van der Waals surface area (Å²) in [6.07, 6.45) is 1.35. The average molecular weight is 287 g/mol. The summed E-state index contributed by atoms with van der Waals surface area (Å²) in [7, 11) is 0. The van der Waals surface area contributed by atoms with E-state index in [0.29, 0.717) is 6.42 Å². The summed E-state index contributed by atoms with van der Waals surface area (Å²) in [4.78, 5) is 27.1. The quantitative estimate of drug-likeness (QED) is 0.643. The molecule has 0 bridgehead atoms. The van der Waals surface area contributed by atoms with E-state index in [0.717, 1.165) is 16.5 Å². The molecule has 3 atom stereocenters. The maximum Gasteiger partial charge on any atom is 0.245 e. The van der Waals surface area contributed by atoms with Crippen molar-refractivity contribution in [1.29, 1.82) is 0 Å². The number of hydrogen-bond acceptors (Lipinski definition) is 3. The monoisotopic (exact) mass is 287 g/mol. The zero-order valence-electron chi connectivity index (χ0n) is 11.6. The Morgan fingerprint density at radius 1 is 1.19 bits per heavy atom. The van der Waals surface area contributed by atoms with E-state index in [-0.39, 0.29) is 11.8 Å². The zero-order chi connectivity index (χ0) is 15.0. The van der Waals surface area contributed by atoms with Crippen molar-refractivity contribution >= 4 is 22.7 Å². The van der Waals surface area contributed by atoms with Gasteiger partial charge in [-0.3, -0.25) is 9.59 Å². The molecule has 0 aliphatic carbocycles. The van der Waals surface area contributed by atoms with Gasteiger partial charge in [0.25, 0.3) is 0 Å². The van der Waals surface area contributed by atoms with Gasteiger partial charge in [-0.25, -0.2) is 0 Å². The zero-order valence-corrected chi connectivity index (χ0v) is 11.6. The van der Waals surface area contributed by atoms with Crippen molar-refractivity contribution < 1.29 is 14.7 Å². The van der Waals surface area contributed by atoms with Crippen molar-refractivity contribution in [2.45, 2.75) is 31.5 Å². The lowest BCUT2D eigenvalue weighted by molar-refractivity contribution is -0.139. The molecule has 3 rings (SSSR count). The van der Waals surface area contributed by atoms with Gasteiger partial charge in [0.15, 0.2) is 0 Å².